The summed E-state index contributed by atoms with van der Waals surface area (Å²) in [4.78, 5) is 10.2. The summed E-state index contributed by atoms with van der Waals surface area (Å²) in [5.41, 5.74) is 0. The number of aliphatic carboxylic acids is 1. The summed E-state index contributed by atoms with van der Waals surface area (Å²) >= 11 is 10.6. The van der Waals surface area contributed by atoms with E-state index in [1.165, 1.54) is 0 Å². The van der Waals surface area contributed by atoms with Crippen LogP contribution in [-0.4, -0.2) is 11.1 Å². The van der Waals surface area contributed by atoms with Gasteiger partial charge in [-0.2, -0.15) is 0 Å². The second-order valence-corrected chi connectivity index (χ2v) is 3.31. The zero-order chi connectivity index (χ0) is 7.72. The molecule has 0 heterocycles. The average molecular weight is 217 g/mol. The summed E-state index contributed by atoms with van der Waals surface area (Å²) in [5.74, 6) is -0.967. The predicted molar refractivity (Wildman–Crippen MR) is 46.3 cm³/mol. The van der Waals surface area contributed by atoms with E-state index in [1.807, 2.05) is 0 Å². The Labute approximate surface area is 80.6 Å². The Bertz CT molecular complexity index is 186. The quantitative estimate of drug-likeness (QED) is 0.771. The van der Waals surface area contributed by atoms with E-state index in [2.05, 4.69) is 0 Å². The maximum Gasteiger partial charge on any atom is 0.307 e. The number of hydrogen-bond acceptors (Lipinski definition) is 1. The lowest BCUT2D eigenvalue weighted by atomic mass is 10.3. The van der Waals surface area contributed by atoms with Gasteiger partial charge in [0, 0.05) is 0 Å². The molecule has 1 aliphatic carbocycles. The minimum absolute atomic E-state index is 0. The van der Waals surface area contributed by atoms with E-state index in [4.69, 9.17) is 28.3 Å². The van der Waals surface area contributed by atoms with Crippen LogP contribution < -0.4 is 0 Å². The molecule has 1 rings (SSSR count). The minimum atomic E-state index is -0.768. The summed E-state index contributed by atoms with van der Waals surface area (Å²) in [6, 6.07) is 0. The van der Waals surface area contributed by atoms with Crippen molar-refractivity contribution in [3.8, 4) is 0 Å². The van der Waals surface area contributed by atoms with E-state index in [9.17, 15) is 4.79 Å². The Kier molecular flexibility index (Phi) is 4.22. The van der Waals surface area contributed by atoms with Gasteiger partial charge in [0.25, 0.3) is 0 Å². The molecule has 0 saturated heterocycles. The van der Waals surface area contributed by atoms with E-state index in [0.29, 0.717) is 6.42 Å². The predicted octanol–water partition coefficient (Wildman–Crippen LogP) is 2.45. The fourth-order valence-corrected chi connectivity index (χ4v) is 1.17. The number of carboxylic acid groups (broad SMARTS) is 1. The summed E-state index contributed by atoms with van der Waals surface area (Å²) < 4.78 is 0.161. The molecule has 2 unspecified atom stereocenters. The number of hydrogen-bond donors (Lipinski definition) is 1. The first-order chi connectivity index (χ1) is 4.61. The van der Waals surface area contributed by atoms with Gasteiger partial charge in [0.2, 0.25) is 0 Å². The zero-order valence-electron chi connectivity index (χ0n) is 5.46. The third-order valence-corrected chi connectivity index (χ3v) is 1.75. The van der Waals surface area contributed by atoms with Crippen LogP contribution in [0.5, 0.6) is 0 Å². The minimum Gasteiger partial charge on any atom is -0.481 e. The first-order valence-corrected chi connectivity index (χ1v) is 3.62. The van der Waals surface area contributed by atoms with Crippen LogP contribution in [0.3, 0.4) is 0 Å². The van der Waals surface area contributed by atoms with Gasteiger partial charge in [0.15, 0.2) is 0 Å². The monoisotopic (exact) mass is 216 g/mol. The van der Waals surface area contributed by atoms with Gasteiger partial charge in [-0.1, -0.05) is 29.3 Å². The Morgan fingerprint density at radius 3 is 2.36 bits per heavy atom. The SMILES string of the molecule is Cl.O=C(O)C1CC1C=C(Cl)Cl. The summed E-state index contributed by atoms with van der Waals surface area (Å²) in [6.07, 6.45) is 2.24. The third kappa shape index (κ3) is 3.32. The average Bonchev–Trinajstić information content (AvgIpc) is 2.43. The van der Waals surface area contributed by atoms with Crippen LogP contribution in [0.15, 0.2) is 10.6 Å². The Balaban J connectivity index is 0.000001000. The van der Waals surface area contributed by atoms with Crippen molar-refractivity contribution < 1.29 is 9.90 Å². The van der Waals surface area contributed by atoms with E-state index < -0.39 is 5.97 Å². The highest BCUT2D eigenvalue weighted by molar-refractivity contribution is 6.55. The van der Waals surface area contributed by atoms with Gasteiger partial charge in [0.1, 0.15) is 4.49 Å². The van der Waals surface area contributed by atoms with Crippen LogP contribution in [0.1, 0.15) is 6.42 Å². The van der Waals surface area contributed by atoms with Gasteiger partial charge in [-0.3, -0.25) is 4.79 Å². The molecule has 0 aromatic rings. The van der Waals surface area contributed by atoms with Gasteiger partial charge in [-0.15, -0.1) is 12.4 Å². The fraction of sp³-hybridized carbons (Fsp3) is 0.500. The van der Waals surface area contributed by atoms with Crippen molar-refractivity contribution >= 4 is 41.6 Å². The van der Waals surface area contributed by atoms with Gasteiger partial charge < -0.3 is 5.11 Å². The molecule has 0 radical (unpaired) electrons. The van der Waals surface area contributed by atoms with E-state index in [-0.39, 0.29) is 28.7 Å². The number of rotatable bonds is 2. The van der Waals surface area contributed by atoms with Crippen LogP contribution in [0.4, 0.5) is 0 Å². The molecule has 0 amide bonds. The van der Waals surface area contributed by atoms with Crippen molar-refractivity contribution in [3.63, 3.8) is 0 Å². The van der Waals surface area contributed by atoms with Crippen LogP contribution in [0.25, 0.3) is 0 Å². The highest BCUT2D eigenvalue weighted by atomic mass is 35.5. The lowest BCUT2D eigenvalue weighted by Gasteiger charge is -1.84. The number of carboxylic acids is 1. The Hall–Kier alpha value is 0.0800. The van der Waals surface area contributed by atoms with Crippen molar-refractivity contribution in [1.29, 1.82) is 0 Å². The fourth-order valence-electron chi connectivity index (χ4n) is 0.845. The van der Waals surface area contributed by atoms with Crippen LogP contribution in [0.2, 0.25) is 0 Å². The topological polar surface area (TPSA) is 37.3 Å². The zero-order valence-corrected chi connectivity index (χ0v) is 7.79. The summed E-state index contributed by atoms with van der Waals surface area (Å²) in [7, 11) is 0. The lowest BCUT2D eigenvalue weighted by molar-refractivity contribution is -0.138. The molecule has 64 valence electrons. The summed E-state index contributed by atoms with van der Waals surface area (Å²) in [5, 5.41) is 8.42. The molecule has 1 saturated carbocycles. The van der Waals surface area contributed by atoms with Crippen LogP contribution >= 0.6 is 35.6 Å². The second-order valence-electron chi connectivity index (χ2n) is 2.30. The molecule has 0 aromatic carbocycles. The number of allylic oxidation sites excluding steroid dienone is 1. The van der Waals surface area contributed by atoms with E-state index in [0.717, 1.165) is 0 Å². The van der Waals surface area contributed by atoms with Crippen molar-refractivity contribution in [2.45, 2.75) is 6.42 Å². The van der Waals surface area contributed by atoms with Crippen molar-refractivity contribution in [1.82, 2.24) is 0 Å². The highest BCUT2D eigenvalue weighted by Gasteiger charge is 2.41. The Morgan fingerprint density at radius 2 is 2.09 bits per heavy atom. The third-order valence-electron chi connectivity index (χ3n) is 1.50. The van der Waals surface area contributed by atoms with E-state index in [1.54, 1.807) is 6.08 Å². The number of halogens is 3. The molecule has 0 aliphatic heterocycles. The second kappa shape index (κ2) is 4.19. The smallest absolute Gasteiger partial charge is 0.307 e. The molecule has 0 spiro atoms. The van der Waals surface area contributed by atoms with Crippen molar-refractivity contribution in [3.05, 3.63) is 10.6 Å². The molecular formula is C6H7Cl3O2. The largest absolute Gasteiger partial charge is 0.481 e. The normalized spacial score (nSPS) is 26.7. The Morgan fingerprint density at radius 1 is 1.55 bits per heavy atom. The van der Waals surface area contributed by atoms with Crippen LogP contribution in [-0.2, 0) is 4.79 Å². The molecule has 0 bridgehead atoms. The first-order valence-electron chi connectivity index (χ1n) is 2.87. The molecule has 11 heavy (non-hydrogen) atoms. The first kappa shape index (κ1) is 11.1. The van der Waals surface area contributed by atoms with Gasteiger partial charge in [-0.25, -0.2) is 0 Å². The summed E-state index contributed by atoms with van der Waals surface area (Å²) in [6.45, 7) is 0. The van der Waals surface area contributed by atoms with Gasteiger partial charge in [-0.05, 0) is 12.3 Å². The molecule has 5 heteroatoms. The number of carbonyl (C=O) groups is 1. The molecular weight excluding hydrogens is 210 g/mol. The molecule has 2 nitrogen and oxygen atoms in total. The standard InChI is InChI=1S/C6H6Cl2O2.ClH/c7-5(8)2-3-1-4(3)6(9)10;/h2-4H,1H2,(H,9,10);1H. The maximum atomic E-state index is 10.2. The molecule has 2 atom stereocenters. The molecule has 1 N–H and O–H groups in total. The molecule has 1 fully saturated rings. The molecule has 0 aromatic heterocycles. The van der Waals surface area contributed by atoms with Gasteiger partial charge in [0.05, 0.1) is 5.92 Å². The van der Waals surface area contributed by atoms with Crippen molar-refractivity contribution in [2.75, 3.05) is 0 Å². The van der Waals surface area contributed by atoms with Gasteiger partial charge >= 0.3 is 5.97 Å². The van der Waals surface area contributed by atoms with Crippen LogP contribution in [0, 0.1) is 11.8 Å². The van der Waals surface area contributed by atoms with Crippen molar-refractivity contribution in [2.24, 2.45) is 11.8 Å². The lowest BCUT2D eigenvalue weighted by Crippen LogP contribution is -1.97. The highest BCUT2D eigenvalue weighted by Crippen LogP contribution is 2.41. The maximum absolute atomic E-state index is 10.2. The molecule has 1 aliphatic rings. The van der Waals surface area contributed by atoms with E-state index >= 15 is 0 Å².